The highest BCUT2D eigenvalue weighted by Crippen LogP contribution is 2.30. The van der Waals surface area contributed by atoms with E-state index in [9.17, 15) is 13.2 Å². The predicted octanol–water partition coefficient (Wildman–Crippen LogP) is 1.81. The van der Waals surface area contributed by atoms with Crippen molar-refractivity contribution >= 4 is 11.8 Å². The van der Waals surface area contributed by atoms with Gasteiger partial charge in [0.2, 0.25) is 5.95 Å². The van der Waals surface area contributed by atoms with E-state index in [0.29, 0.717) is 6.54 Å². The van der Waals surface area contributed by atoms with E-state index in [4.69, 9.17) is 5.84 Å². The summed E-state index contributed by atoms with van der Waals surface area (Å²) in [5, 5.41) is 0. The van der Waals surface area contributed by atoms with Crippen LogP contribution in [0, 0.1) is 0 Å². The maximum atomic E-state index is 12.8. The fraction of sp³-hybridized carbons (Fsp3) is 0.250. The summed E-state index contributed by atoms with van der Waals surface area (Å²) in [6, 6.07) is 4.44. The molecule has 0 aliphatic heterocycles. The van der Waals surface area contributed by atoms with Gasteiger partial charge in [-0.3, -0.25) is 10.4 Å². The van der Waals surface area contributed by atoms with Gasteiger partial charge in [0.1, 0.15) is 5.82 Å². The van der Waals surface area contributed by atoms with Gasteiger partial charge in [0, 0.05) is 32.1 Å². The van der Waals surface area contributed by atoms with Crippen LogP contribution in [0.15, 0.2) is 30.6 Å². The lowest BCUT2D eigenvalue weighted by Crippen LogP contribution is -2.22. The van der Waals surface area contributed by atoms with Crippen molar-refractivity contribution < 1.29 is 13.2 Å². The number of pyridine rings is 1. The predicted molar refractivity (Wildman–Crippen MR) is 71.2 cm³/mol. The monoisotopic (exact) mass is 298 g/mol. The lowest BCUT2D eigenvalue weighted by molar-refractivity contribution is -0.141. The summed E-state index contributed by atoms with van der Waals surface area (Å²) in [7, 11) is 1.62. The molecule has 0 bridgehead atoms. The number of nitrogens with zero attached hydrogens (tertiary/aromatic N) is 4. The van der Waals surface area contributed by atoms with E-state index >= 15 is 0 Å². The van der Waals surface area contributed by atoms with Crippen molar-refractivity contribution in [2.45, 2.75) is 12.7 Å². The molecular weight excluding hydrogens is 285 g/mol. The highest BCUT2D eigenvalue weighted by Gasteiger charge is 2.34. The van der Waals surface area contributed by atoms with Gasteiger partial charge in [-0.1, -0.05) is 6.07 Å². The summed E-state index contributed by atoms with van der Waals surface area (Å²) in [5.74, 6) is 4.92. The van der Waals surface area contributed by atoms with Crippen molar-refractivity contribution in [3.05, 3.63) is 41.9 Å². The number of hydrogen-bond acceptors (Lipinski definition) is 6. The maximum Gasteiger partial charge on any atom is 0.433 e. The number of nitrogen functional groups attached to an aromatic ring is 1. The van der Waals surface area contributed by atoms with Crippen molar-refractivity contribution in [2.24, 2.45) is 5.84 Å². The molecule has 2 rings (SSSR count). The molecule has 2 aromatic rings. The molecule has 0 unspecified atom stereocenters. The summed E-state index contributed by atoms with van der Waals surface area (Å²) in [5.41, 5.74) is 1.82. The quantitative estimate of drug-likeness (QED) is 0.662. The van der Waals surface area contributed by atoms with Crippen LogP contribution in [0.4, 0.5) is 24.9 Å². The summed E-state index contributed by atoms with van der Waals surface area (Å²) in [6.45, 7) is 0.353. The third-order valence-corrected chi connectivity index (χ3v) is 2.67. The first kappa shape index (κ1) is 15.0. The summed E-state index contributed by atoms with van der Waals surface area (Å²) >= 11 is 0. The molecule has 0 atom stereocenters. The van der Waals surface area contributed by atoms with Gasteiger partial charge in [-0.05, 0) is 11.6 Å². The molecule has 9 heteroatoms. The molecule has 2 aromatic heterocycles. The van der Waals surface area contributed by atoms with E-state index in [1.807, 2.05) is 11.5 Å². The second-order valence-electron chi connectivity index (χ2n) is 4.29. The summed E-state index contributed by atoms with van der Waals surface area (Å²) in [6.07, 6.45) is -1.32. The van der Waals surface area contributed by atoms with Gasteiger partial charge in [0.25, 0.3) is 0 Å². The first-order valence-electron chi connectivity index (χ1n) is 5.93. The average molecular weight is 298 g/mol. The smallest absolute Gasteiger partial charge is 0.355 e. The number of anilines is 2. The largest absolute Gasteiger partial charge is 0.433 e. The van der Waals surface area contributed by atoms with Crippen molar-refractivity contribution in [1.29, 1.82) is 0 Å². The van der Waals surface area contributed by atoms with Crippen molar-refractivity contribution in [3.63, 3.8) is 0 Å². The van der Waals surface area contributed by atoms with Crippen LogP contribution in [-0.4, -0.2) is 22.0 Å². The third-order valence-electron chi connectivity index (χ3n) is 2.67. The van der Waals surface area contributed by atoms with E-state index in [-0.39, 0.29) is 11.8 Å². The van der Waals surface area contributed by atoms with Crippen LogP contribution in [0.25, 0.3) is 0 Å². The number of halogens is 3. The van der Waals surface area contributed by atoms with Crippen LogP contribution in [-0.2, 0) is 12.7 Å². The standard InChI is InChI=1S/C12H13F3N6/c1-21(7-8-3-2-4-17-6-8)10-5-9(12(13,14)15)18-11(19-10)20-16/h2-6H,7,16H2,1H3,(H,18,19,20). The van der Waals surface area contributed by atoms with E-state index in [1.54, 1.807) is 30.4 Å². The first-order valence-corrected chi connectivity index (χ1v) is 5.93. The Labute approximate surface area is 118 Å². The molecule has 3 N–H and O–H groups in total. The highest BCUT2D eigenvalue weighted by molar-refractivity contribution is 5.45. The lowest BCUT2D eigenvalue weighted by atomic mass is 10.2. The molecule has 0 radical (unpaired) electrons. The fourth-order valence-electron chi connectivity index (χ4n) is 1.69. The second-order valence-corrected chi connectivity index (χ2v) is 4.29. The average Bonchev–Trinajstić information content (AvgIpc) is 2.46. The number of aromatic nitrogens is 3. The zero-order chi connectivity index (χ0) is 15.5. The third kappa shape index (κ3) is 3.78. The Morgan fingerprint density at radius 2 is 2.10 bits per heavy atom. The second kappa shape index (κ2) is 5.92. The number of rotatable bonds is 4. The van der Waals surface area contributed by atoms with Gasteiger partial charge < -0.3 is 4.90 Å². The molecule has 0 aliphatic rings. The van der Waals surface area contributed by atoms with Crippen molar-refractivity contribution in [2.75, 3.05) is 17.4 Å². The van der Waals surface area contributed by atoms with Gasteiger partial charge in [-0.25, -0.2) is 10.8 Å². The van der Waals surface area contributed by atoms with Crippen LogP contribution in [0.5, 0.6) is 0 Å². The SMILES string of the molecule is CN(Cc1cccnc1)c1cc(C(F)(F)F)nc(NN)n1. The molecule has 0 spiro atoms. The fourth-order valence-corrected chi connectivity index (χ4v) is 1.69. The van der Waals surface area contributed by atoms with Crippen LogP contribution in [0.3, 0.4) is 0 Å². The van der Waals surface area contributed by atoms with E-state index in [0.717, 1.165) is 11.6 Å². The zero-order valence-electron chi connectivity index (χ0n) is 11.1. The van der Waals surface area contributed by atoms with Gasteiger partial charge >= 0.3 is 6.18 Å². The van der Waals surface area contributed by atoms with Crippen LogP contribution in [0.2, 0.25) is 0 Å². The topological polar surface area (TPSA) is 80.0 Å². The number of hydrazine groups is 1. The molecule has 0 amide bonds. The molecule has 2 heterocycles. The van der Waals surface area contributed by atoms with Gasteiger partial charge in [0.05, 0.1) is 0 Å². The molecule has 6 nitrogen and oxygen atoms in total. The van der Waals surface area contributed by atoms with Crippen molar-refractivity contribution in [3.8, 4) is 0 Å². The summed E-state index contributed by atoms with van der Waals surface area (Å²) < 4.78 is 38.4. The molecule has 112 valence electrons. The van der Waals surface area contributed by atoms with Gasteiger partial charge in [-0.15, -0.1) is 0 Å². The minimum Gasteiger partial charge on any atom is -0.355 e. The zero-order valence-corrected chi connectivity index (χ0v) is 11.1. The molecule has 0 fully saturated rings. The van der Waals surface area contributed by atoms with Gasteiger partial charge in [0.15, 0.2) is 5.69 Å². The molecule has 0 saturated heterocycles. The summed E-state index contributed by atoms with van der Waals surface area (Å²) in [4.78, 5) is 12.7. The highest BCUT2D eigenvalue weighted by atomic mass is 19.4. The van der Waals surface area contributed by atoms with E-state index < -0.39 is 11.9 Å². The van der Waals surface area contributed by atoms with E-state index in [2.05, 4.69) is 15.0 Å². The Hall–Kier alpha value is -2.42. The van der Waals surface area contributed by atoms with Crippen LogP contribution >= 0.6 is 0 Å². The van der Waals surface area contributed by atoms with E-state index in [1.165, 1.54) is 0 Å². The number of alkyl halides is 3. The normalized spacial score (nSPS) is 11.3. The molecule has 0 aromatic carbocycles. The maximum absolute atomic E-state index is 12.8. The van der Waals surface area contributed by atoms with Crippen LogP contribution in [0.1, 0.15) is 11.3 Å². The Bertz CT molecular complexity index is 602. The van der Waals surface area contributed by atoms with Gasteiger partial charge in [-0.2, -0.15) is 18.2 Å². The van der Waals surface area contributed by atoms with Crippen molar-refractivity contribution in [1.82, 2.24) is 15.0 Å². The Morgan fingerprint density at radius 1 is 1.33 bits per heavy atom. The number of hydrogen-bond donors (Lipinski definition) is 2. The molecule has 21 heavy (non-hydrogen) atoms. The minimum atomic E-state index is -4.57. The number of nitrogens with one attached hydrogen (secondary N) is 1. The Kier molecular flexibility index (Phi) is 4.22. The molecule has 0 saturated carbocycles. The Morgan fingerprint density at radius 3 is 2.67 bits per heavy atom. The first-order chi connectivity index (χ1) is 9.90. The Balaban J connectivity index is 2.30. The number of nitrogens with two attached hydrogens (primary N) is 1. The lowest BCUT2D eigenvalue weighted by Gasteiger charge is -2.19. The molecule has 0 aliphatic carbocycles. The van der Waals surface area contributed by atoms with Crippen LogP contribution < -0.4 is 16.2 Å². The minimum absolute atomic E-state index is 0.106. The molecular formula is C12H13F3N6.